The molecule has 1 amide bonds. The molecule has 0 unspecified atom stereocenters. The molecule has 0 heterocycles. The molecule has 2 N–H and O–H groups in total. The summed E-state index contributed by atoms with van der Waals surface area (Å²) in [6.45, 7) is 0. The second-order valence-corrected chi connectivity index (χ2v) is 6.23. The van der Waals surface area contributed by atoms with Crippen LogP contribution < -0.4 is 5.32 Å². The monoisotopic (exact) mass is 337 g/mol. The van der Waals surface area contributed by atoms with Crippen LogP contribution in [0, 0.1) is 5.82 Å². The highest BCUT2D eigenvalue weighted by atomic mass is 35.5. The molecule has 0 aromatic heterocycles. The van der Waals surface area contributed by atoms with Gasteiger partial charge in [0.2, 0.25) is 0 Å². The molecule has 3 rings (SSSR count). The van der Waals surface area contributed by atoms with Crippen LogP contribution in [0.3, 0.4) is 0 Å². The van der Waals surface area contributed by atoms with E-state index in [1.807, 2.05) is 0 Å². The fourth-order valence-electron chi connectivity index (χ4n) is 2.25. The third kappa shape index (κ3) is 3.27. The van der Waals surface area contributed by atoms with E-state index in [2.05, 4.69) is 5.32 Å². The summed E-state index contributed by atoms with van der Waals surface area (Å²) in [5.41, 5.74) is 1.58. The number of nitrogens with one attached hydrogen (secondary N) is 1. The van der Waals surface area contributed by atoms with Crippen LogP contribution in [0.4, 0.5) is 10.1 Å². The molecule has 3 nitrogen and oxygen atoms in total. The molecule has 2 aromatic carbocycles. The molecule has 0 bridgehead atoms. The first-order chi connectivity index (χ1) is 10.6. The minimum atomic E-state index is -0.333. The van der Waals surface area contributed by atoms with E-state index in [0.717, 1.165) is 12.8 Å². The number of carbonyl (C=O) groups is 1. The molecule has 1 aliphatic rings. The second-order valence-electron chi connectivity index (χ2n) is 5.20. The van der Waals surface area contributed by atoms with Gasteiger partial charge in [-0.05, 0) is 60.7 Å². The minimum Gasteiger partial charge on any atom is -0.325 e. The summed E-state index contributed by atoms with van der Waals surface area (Å²) in [6, 6.07) is 9.23. The number of amides is 1. The van der Waals surface area contributed by atoms with Gasteiger partial charge in [-0.15, -0.1) is 0 Å². The molecule has 1 aliphatic carbocycles. The number of benzene rings is 2. The highest BCUT2D eigenvalue weighted by Crippen LogP contribution is 2.42. The van der Waals surface area contributed by atoms with Gasteiger partial charge >= 0.3 is 0 Å². The average molecular weight is 338 g/mol. The fraction of sp³-hybridized carbons (Fsp3) is 0.188. The van der Waals surface area contributed by atoms with Crippen LogP contribution in [0.25, 0.3) is 0 Å². The Morgan fingerprint density at radius 2 is 2.05 bits per heavy atom. The predicted molar refractivity (Wildman–Crippen MR) is 86.3 cm³/mol. The molecular weight excluding hydrogens is 325 g/mol. The Labute approximate surface area is 136 Å². The van der Waals surface area contributed by atoms with E-state index >= 15 is 0 Å². The Morgan fingerprint density at radius 3 is 2.73 bits per heavy atom. The topological polar surface area (TPSA) is 49.3 Å². The van der Waals surface area contributed by atoms with Crippen molar-refractivity contribution in [3.8, 4) is 0 Å². The van der Waals surface area contributed by atoms with Crippen LogP contribution in [0.5, 0.6) is 0 Å². The summed E-state index contributed by atoms with van der Waals surface area (Å²) in [4.78, 5) is 12.6. The smallest absolute Gasteiger partial charge is 0.255 e. The molecule has 0 atom stereocenters. The third-order valence-electron chi connectivity index (χ3n) is 3.56. The number of halogens is 2. The first-order valence-corrected chi connectivity index (χ1v) is 7.95. The minimum absolute atomic E-state index is 0.231. The second kappa shape index (κ2) is 6.28. The van der Waals surface area contributed by atoms with Gasteiger partial charge in [0.05, 0.1) is 9.92 Å². The SMILES string of the molecule is O=C(Nc1ccc(F)c(C2CC2)c1)c1ccc(Cl)c(SO)c1. The fourth-order valence-corrected chi connectivity index (χ4v) is 2.80. The molecule has 1 saturated carbocycles. The van der Waals surface area contributed by atoms with Crippen LogP contribution in [-0.4, -0.2) is 10.5 Å². The molecule has 6 heteroatoms. The number of carbonyl (C=O) groups excluding carboxylic acids is 1. The van der Waals surface area contributed by atoms with Gasteiger partial charge in [0.1, 0.15) is 5.82 Å². The summed E-state index contributed by atoms with van der Waals surface area (Å²) in [5.74, 6) is -0.295. The lowest BCUT2D eigenvalue weighted by atomic mass is 10.1. The Morgan fingerprint density at radius 1 is 1.27 bits per heavy atom. The predicted octanol–water partition coefficient (Wildman–Crippen LogP) is 5.17. The molecule has 2 aromatic rings. The van der Waals surface area contributed by atoms with Crippen LogP contribution in [0.15, 0.2) is 41.3 Å². The standard InChI is InChI=1S/C16H13ClFNO2S/c17-13-5-3-10(7-15(13)22-21)16(20)19-11-4-6-14(18)12(8-11)9-1-2-9/h3-9,21H,1-2H2,(H,19,20). The van der Waals surface area contributed by atoms with Crippen LogP contribution in [0.2, 0.25) is 5.02 Å². The molecule has 0 radical (unpaired) electrons. The Kier molecular flexibility index (Phi) is 4.38. The van der Waals surface area contributed by atoms with Gasteiger partial charge in [0, 0.05) is 23.3 Å². The summed E-state index contributed by atoms with van der Waals surface area (Å²) in [6.07, 6.45) is 1.98. The lowest BCUT2D eigenvalue weighted by Gasteiger charge is -2.09. The lowest BCUT2D eigenvalue weighted by molar-refractivity contribution is 0.102. The Hall–Kier alpha value is -1.56. The maximum absolute atomic E-state index is 13.7. The molecule has 0 spiro atoms. The molecular formula is C16H13ClFNO2S. The Bertz CT molecular complexity index is 734. The third-order valence-corrected chi connectivity index (χ3v) is 4.54. The number of anilines is 1. The highest BCUT2D eigenvalue weighted by Gasteiger charge is 2.26. The first kappa shape index (κ1) is 15.3. The van der Waals surface area contributed by atoms with Gasteiger partial charge in [0.25, 0.3) is 5.91 Å². The summed E-state index contributed by atoms with van der Waals surface area (Å²) in [5, 5.41) is 3.12. The van der Waals surface area contributed by atoms with E-state index in [-0.39, 0.29) is 17.6 Å². The zero-order valence-corrected chi connectivity index (χ0v) is 13.0. The van der Waals surface area contributed by atoms with Crippen molar-refractivity contribution in [3.05, 3.63) is 58.4 Å². The van der Waals surface area contributed by atoms with Crippen molar-refractivity contribution in [1.29, 1.82) is 0 Å². The van der Waals surface area contributed by atoms with Crippen molar-refractivity contribution < 1.29 is 13.7 Å². The maximum atomic E-state index is 13.7. The largest absolute Gasteiger partial charge is 0.325 e. The van der Waals surface area contributed by atoms with Gasteiger partial charge in [-0.2, -0.15) is 0 Å². The van der Waals surface area contributed by atoms with E-state index < -0.39 is 0 Å². The van der Waals surface area contributed by atoms with E-state index in [1.54, 1.807) is 18.2 Å². The van der Waals surface area contributed by atoms with Gasteiger partial charge in [-0.1, -0.05) is 11.6 Å². The first-order valence-electron chi connectivity index (χ1n) is 6.80. The van der Waals surface area contributed by atoms with Crippen molar-refractivity contribution in [2.45, 2.75) is 23.7 Å². The molecule has 0 saturated heterocycles. The quantitative estimate of drug-likeness (QED) is 0.756. The summed E-state index contributed by atoms with van der Waals surface area (Å²) < 4.78 is 22.8. The lowest BCUT2D eigenvalue weighted by Crippen LogP contribution is -2.12. The maximum Gasteiger partial charge on any atom is 0.255 e. The van der Waals surface area contributed by atoms with Crippen molar-refractivity contribution in [1.82, 2.24) is 0 Å². The van der Waals surface area contributed by atoms with E-state index in [1.165, 1.54) is 18.2 Å². The van der Waals surface area contributed by atoms with Crippen molar-refractivity contribution in [3.63, 3.8) is 0 Å². The number of rotatable bonds is 4. The van der Waals surface area contributed by atoms with Crippen LogP contribution >= 0.6 is 23.6 Å². The number of hydrogen-bond donors (Lipinski definition) is 2. The van der Waals surface area contributed by atoms with Gasteiger partial charge in [0.15, 0.2) is 0 Å². The van der Waals surface area contributed by atoms with Gasteiger partial charge < -0.3 is 9.87 Å². The zero-order chi connectivity index (χ0) is 15.7. The van der Waals surface area contributed by atoms with Gasteiger partial charge in [-0.3, -0.25) is 4.79 Å². The molecule has 0 aliphatic heterocycles. The van der Waals surface area contributed by atoms with E-state index in [0.29, 0.717) is 38.8 Å². The van der Waals surface area contributed by atoms with E-state index in [9.17, 15) is 9.18 Å². The zero-order valence-electron chi connectivity index (χ0n) is 11.5. The van der Waals surface area contributed by atoms with Crippen LogP contribution in [0.1, 0.15) is 34.7 Å². The van der Waals surface area contributed by atoms with Crippen molar-refractivity contribution >= 4 is 35.2 Å². The molecule has 114 valence electrons. The summed E-state index contributed by atoms with van der Waals surface area (Å²) >= 11 is 6.38. The molecule has 22 heavy (non-hydrogen) atoms. The van der Waals surface area contributed by atoms with E-state index in [4.69, 9.17) is 16.2 Å². The van der Waals surface area contributed by atoms with Crippen molar-refractivity contribution in [2.75, 3.05) is 5.32 Å². The van der Waals surface area contributed by atoms with Crippen LogP contribution in [-0.2, 0) is 0 Å². The molecule has 1 fully saturated rings. The summed E-state index contributed by atoms with van der Waals surface area (Å²) in [7, 11) is 0. The Balaban J connectivity index is 1.80. The normalized spacial score (nSPS) is 14.0. The average Bonchev–Trinajstić information content (AvgIpc) is 3.34. The van der Waals surface area contributed by atoms with Crippen molar-refractivity contribution in [2.24, 2.45) is 0 Å². The highest BCUT2D eigenvalue weighted by molar-refractivity contribution is 7.93. The van der Waals surface area contributed by atoms with Gasteiger partial charge in [-0.25, -0.2) is 4.39 Å². The number of hydrogen-bond acceptors (Lipinski definition) is 3.